The molecule has 0 unspecified atom stereocenters. The number of carbonyl (C=O) groups excluding carboxylic acids is 1. The zero-order chi connectivity index (χ0) is 13.2. The lowest BCUT2D eigenvalue weighted by atomic mass is 10.3. The first-order chi connectivity index (χ1) is 8.74. The summed E-state index contributed by atoms with van der Waals surface area (Å²) in [6, 6.07) is 7.49. The highest BCUT2D eigenvalue weighted by molar-refractivity contribution is 9.10. The second-order valence-electron chi connectivity index (χ2n) is 3.82. The molecule has 0 atom stereocenters. The first kappa shape index (κ1) is 14.8. The molecule has 0 radical (unpaired) electrons. The molecule has 100 valence electrons. The molecular formula is C13H19BrN2O2. The molecule has 0 aromatic heterocycles. The minimum absolute atomic E-state index is 0.140. The Morgan fingerprint density at radius 1 is 1.28 bits per heavy atom. The zero-order valence-corrected chi connectivity index (χ0v) is 12.1. The van der Waals surface area contributed by atoms with Gasteiger partial charge in [0.15, 0.2) is 0 Å². The van der Waals surface area contributed by atoms with E-state index in [1.807, 2.05) is 24.3 Å². The molecule has 1 aromatic carbocycles. The van der Waals surface area contributed by atoms with Gasteiger partial charge in [-0.3, -0.25) is 0 Å². The number of halogens is 1. The summed E-state index contributed by atoms with van der Waals surface area (Å²) in [5.41, 5.74) is 0. The van der Waals surface area contributed by atoms with Gasteiger partial charge in [0.05, 0.1) is 11.0 Å². The van der Waals surface area contributed by atoms with Crippen LogP contribution in [0.25, 0.3) is 0 Å². The number of amides is 2. The summed E-state index contributed by atoms with van der Waals surface area (Å²) in [5, 5.41) is 5.52. The first-order valence-electron chi connectivity index (χ1n) is 6.13. The van der Waals surface area contributed by atoms with Crippen molar-refractivity contribution in [1.29, 1.82) is 0 Å². The largest absolute Gasteiger partial charge is 0.491 e. The van der Waals surface area contributed by atoms with Gasteiger partial charge in [-0.15, -0.1) is 0 Å². The third-order valence-corrected chi connectivity index (χ3v) is 2.95. The molecule has 0 aliphatic carbocycles. The second-order valence-corrected chi connectivity index (χ2v) is 4.67. The molecule has 0 saturated carbocycles. The standard InChI is InChI=1S/C13H19BrN2O2/c1-2-3-8-15-13(17)16-9-10-18-12-7-5-4-6-11(12)14/h4-7H,2-3,8-10H2,1H3,(H2,15,16,17). The molecule has 2 amide bonds. The molecule has 0 saturated heterocycles. The fraction of sp³-hybridized carbons (Fsp3) is 0.462. The lowest BCUT2D eigenvalue weighted by molar-refractivity contribution is 0.236. The van der Waals surface area contributed by atoms with Crippen LogP contribution in [-0.2, 0) is 0 Å². The molecule has 1 aromatic rings. The van der Waals surface area contributed by atoms with Gasteiger partial charge in [-0.2, -0.15) is 0 Å². The third-order valence-electron chi connectivity index (χ3n) is 2.30. The van der Waals surface area contributed by atoms with Crippen LogP contribution < -0.4 is 15.4 Å². The number of urea groups is 1. The van der Waals surface area contributed by atoms with Crippen molar-refractivity contribution < 1.29 is 9.53 Å². The predicted octanol–water partition coefficient (Wildman–Crippen LogP) is 2.93. The van der Waals surface area contributed by atoms with E-state index in [4.69, 9.17) is 4.74 Å². The molecule has 0 fully saturated rings. The maximum atomic E-state index is 11.3. The summed E-state index contributed by atoms with van der Waals surface area (Å²) in [7, 11) is 0. The minimum atomic E-state index is -0.140. The molecule has 0 aliphatic rings. The number of rotatable bonds is 7. The Morgan fingerprint density at radius 3 is 2.72 bits per heavy atom. The maximum Gasteiger partial charge on any atom is 0.314 e. The molecule has 0 bridgehead atoms. The lowest BCUT2D eigenvalue weighted by Gasteiger charge is -2.09. The topological polar surface area (TPSA) is 50.4 Å². The van der Waals surface area contributed by atoms with Crippen LogP contribution in [0.4, 0.5) is 4.79 Å². The Morgan fingerprint density at radius 2 is 2.00 bits per heavy atom. The molecule has 0 spiro atoms. The maximum absolute atomic E-state index is 11.3. The van der Waals surface area contributed by atoms with E-state index < -0.39 is 0 Å². The summed E-state index contributed by atoms with van der Waals surface area (Å²) in [5.74, 6) is 0.783. The average Bonchev–Trinajstić information content (AvgIpc) is 2.37. The molecule has 5 heteroatoms. The van der Waals surface area contributed by atoms with Gasteiger partial charge in [-0.1, -0.05) is 25.5 Å². The van der Waals surface area contributed by atoms with Gasteiger partial charge in [0, 0.05) is 6.54 Å². The first-order valence-corrected chi connectivity index (χ1v) is 6.92. The SMILES string of the molecule is CCCCNC(=O)NCCOc1ccccc1Br. The average molecular weight is 315 g/mol. The van der Waals surface area contributed by atoms with Crippen LogP contribution in [-0.4, -0.2) is 25.7 Å². The number of hydrogen-bond acceptors (Lipinski definition) is 2. The van der Waals surface area contributed by atoms with Crippen molar-refractivity contribution in [3.05, 3.63) is 28.7 Å². The van der Waals surface area contributed by atoms with Gasteiger partial charge in [0.1, 0.15) is 12.4 Å². The predicted molar refractivity (Wildman–Crippen MR) is 75.9 cm³/mol. The molecule has 2 N–H and O–H groups in total. The van der Waals surface area contributed by atoms with Crippen LogP contribution in [0.15, 0.2) is 28.7 Å². The van der Waals surface area contributed by atoms with Crippen molar-refractivity contribution in [2.75, 3.05) is 19.7 Å². The molecule has 0 heterocycles. The number of carbonyl (C=O) groups is 1. The summed E-state index contributed by atoms with van der Waals surface area (Å²) >= 11 is 3.39. The smallest absolute Gasteiger partial charge is 0.314 e. The Balaban J connectivity index is 2.12. The van der Waals surface area contributed by atoms with Crippen LogP contribution in [0.5, 0.6) is 5.75 Å². The van der Waals surface area contributed by atoms with Gasteiger partial charge in [0.2, 0.25) is 0 Å². The van der Waals surface area contributed by atoms with Crippen molar-refractivity contribution in [2.45, 2.75) is 19.8 Å². The van der Waals surface area contributed by atoms with Gasteiger partial charge in [-0.25, -0.2) is 4.79 Å². The quantitative estimate of drug-likeness (QED) is 0.760. The van der Waals surface area contributed by atoms with E-state index in [0.29, 0.717) is 19.7 Å². The van der Waals surface area contributed by atoms with Crippen LogP contribution >= 0.6 is 15.9 Å². The van der Waals surface area contributed by atoms with Crippen molar-refractivity contribution in [1.82, 2.24) is 10.6 Å². The Labute approximate surface area is 116 Å². The van der Waals surface area contributed by atoms with E-state index in [-0.39, 0.29) is 6.03 Å². The molecular weight excluding hydrogens is 296 g/mol. The number of nitrogens with one attached hydrogen (secondary N) is 2. The van der Waals surface area contributed by atoms with Crippen LogP contribution in [0.2, 0.25) is 0 Å². The number of benzene rings is 1. The van der Waals surface area contributed by atoms with E-state index in [1.165, 1.54) is 0 Å². The third kappa shape index (κ3) is 5.91. The summed E-state index contributed by atoms with van der Waals surface area (Å²) in [6.45, 7) is 3.74. The van der Waals surface area contributed by atoms with Crippen molar-refractivity contribution >= 4 is 22.0 Å². The van der Waals surface area contributed by atoms with Crippen LogP contribution in [0.3, 0.4) is 0 Å². The van der Waals surface area contributed by atoms with Gasteiger partial charge in [-0.05, 0) is 34.5 Å². The van der Waals surface area contributed by atoms with Crippen molar-refractivity contribution in [2.24, 2.45) is 0 Å². The lowest BCUT2D eigenvalue weighted by Crippen LogP contribution is -2.38. The van der Waals surface area contributed by atoms with Crippen LogP contribution in [0.1, 0.15) is 19.8 Å². The number of ether oxygens (including phenoxy) is 1. The molecule has 4 nitrogen and oxygen atoms in total. The van der Waals surface area contributed by atoms with Gasteiger partial charge < -0.3 is 15.4 Å². The monoisotopic (exact) mass is 314 g/mol. The summed E-state index contributed by atoms with van der Waals surface area (Å²) in [4.78, 5) is 11.3. The highest BCUT2D eigenvalue weighted by atomic mass is 79.9. The Bertz CT molecular complexity index is 372. The fourth-order valence-corrected chi connectivity index (χ4v) is 1.73. The van der Waals surface area contributed by atoms with E-state index >= 15 is 0 Å². The zero-order valence-electron chi connectivity index (χ0n) is 10.5. The van der Waals surface area contributed by atoms with E-state index in [1.54, 1.807) is 0 Å². The van der Waals surface area contributed by atoms with Gasteiger partial charge in [0.25, 0.3) is 0 Å². The normalized spacial score (nSPS) is 9.89. The Kier molecular flexibility index (Phi) is 7.25. The van der Waals surface area contributed by atoms with Gasteiger partial charge >= 0.3 is 6.03 Å². The fourth-order valence-electron chi connectivity index (χ4n) is 1.33. The molecule has 0 aliphatic heterocycles. The number of para-hydroxylation sites is 1. The van der Waals surface area contributed by atoms with E-state index in [9.17, 15) is 4.79 Å². The van der Waals surface area contributed by atoms with E-state index in [2.05, 4.69) is 33.5 Å². The van der Waals surface area contributed by atoms with E-state index in [0.717, 1.165) is 23.1 Å². The number of unbranched alkanes of at least 4 members (excludes halogenated alkanes) is 1. The second kappa shape index (κ2) is 8.80. The summed E-state index contributed by atoms with van der Waals surface area (Å²) < 4.78 is 6.44. The van der Waals surface area contributed by atoms with Crippen molar-refractivity contribution in [3.8, 4) is 5.75 Å². The minimum Gasteiger partial charge on any atom is -0.491 e. The van der Waals surface area contributed by atoms with Crippen LogP contribution in [0, 0.1) is 0 Å². The Hall–Kier alpha value is -1.23. The van der Waals surface area contributed by atoms with Crippen molar-refractivity contribution in [3.63, 3.8) is 0 Å². The highest BCUT2D eigenvalue weighted by Gasteiger charge is 2.00. The highest BCUT2D eigenvalue weighted by Crippen LogP contribution is 2.23. The summed E-state index contributed by atoms with van der Waals surface area (Å²) in [6.07, 6.45) is 2.08. The molecule has 1 rings (SSSR count). The number of hydrogen-bond donors (Lipinski definition) is 2. The molecule has 18 heavy (non-hydrogen) atoms.